The number of aromatic nitrogens is 2. The third-order valence-electron chi connectivity index (χ3n) is 4.87. The van der Waals surface area contributed by atoms with Crippen molar-refractivity contribution in [3.8, 4) is 5.75 Å². The first-order valence-electron chi connectivity index (χ1n) is 9.41. The molecule has 1 aliphatic heterocycles. The molecule has 1 aromatic heterocycles. The fourth-order valence-corrected chi connectivity index (χ4v) is 4.00. The number of aryl methyl sites for hydroxylation is 1. The van der Waals surface area contributed by atoms with Crippen molar-refractivity contribution in [3.63, 3.8) is 0 Å². The first-order chi connectivity index (χ1) is 14.5. The third-order valence-corrected chi connectivity index (χ3v) is 5.42. The van der Waals surface area contributed by atoms with Crippen LogP contribution in [0.1, 0.15) is 21.5 Å². The van der Waals surface area contributed by atoms with E-state index in [1.807, 2.05) is 23.8 Å². The molecule has 6 nitrogen and oxygen atoms in total. The van der Waals surface area contributed by atoms with Crippen LogP contribution in [0.15, 0.2) is 55.1 Å². The molecule has 0 radical (unpaired) electrons. The zero-order chi connectivity index (χ0) is 21.1. The summed E-state index contributed by atoms with van der Waals surface area (Å²) in [5.74, 6) is -0.604. The number of hydrogen-bond donors (Lipinski definition) is 0. The Morgan fingerprint density at radius 3 is 2.90 bits per heavy atom. The second-order valence-electron chi connectivity index (χ2n) is 7.13. The van der Waals surface area contributed by atoms with Crippen LogP contribution in [0.25, 0.3) is 0 Å². The zero-order valence-electron chi connectivity index (χ0n) is 16.3. The molecule has 2 unspecified atom stereocenters. The SMILES string of the molecule is Cc1ccc(OCC2COC(Cn3ccnc3)(c3ccc(Cl)cc3Cl)O2)c(C=O)c1. The van der Waals surface area contributed by atoms with Crippen molar-refractivity contribution in [2.24, 2.45) is 0 Å². The summed E-state index contributed by atoms with van der Waals surface area (Å²) in [4.78, 5) is 15.4. The Hall–Kier alpha value is -2.38. The lowest BCUT2D eigenvalue weighted by Crippen LogP contribution is -2.34. The molecule has 0 aliphatic carbocycles. The van der Waals surface area contributed by atoms with Gasteiger partial charge < -0.3 is 18.8 Å². The highest BCUT2D eigenvalue weighted by Gasteiger charge is 2.45. The van der Waals surface area contributed by atoms with Gasteiger partial charge in [-0.25, -0.2) is 4.98 Å². The minimum absolute atomic E-state index is 0.223. The number of aldehydes is 1. The lowest BCUT2D eigenvalue weighted by molar-refractivity contribution is -0.189. The van der Waals surface area contributed by atoms with E-state index in [1.54, 1.807) is 42.9 Å². The van der Waals surface area contributed by atoms with Crippen LogP contribution < -0.4 is 4.74 Å². The molecule has 0 amide bonds. The Kier molecular flexibility index (Phi) is 6.11. The number of carbonyl (C=O) groups excluding carboxylic acids is 1. The number of rotatable bonds is 7. The average Bonchev–Trinajstić information content (AvgIpc) is 3.37. The van der Waals surface area contributed by atoms with Gasteiger partial charge in [-0.15, -0.1) is 0 Å². The van der Waals surface area contributed by atoms with Gasteiger partial charge in [-0.3, -0.25) is 4.79 Å². The zero-order valence-corrected chi connectivity index (χ0v) is 17.8. The van der Waals surface area contributed by atoms with Crippen LogP contribution in [0.3, 0.4) is 0 Å². The van der Waals surface area contributed by atoms with Crippen molar-refractivity contribution in [2.75, 3.05) is 13.2 Å². The third kappa shape index (κ3) is 4.37. The topological polar surface area (TPSA) is 62.6 Å². The van der Waals surface area contributed by atoms with E-state index in [0.29, 0.717) is 40.1 Å². The van der Waals surface area contributed by atoms with E-state index in [-0.39, 0.29) is 12.7 Å². The molecule has 2 atom stereocenters. The minimum Gasteiger partial charge on any atom is -0.490 e. The van der Waals surface area contributed by atoms with Gasteiger partial charge in [0.05, 0.1) is 30.1 Å². The van der Waals surface area contributed by atoms with Crippen LogP contribution in [0, 0.1) is 6.92 Å². The van der Waals surface area contributed by atoms with Gasteiger partial charge >= 0.3 is 0 Å². The highest BCUT2D eigenvalue weighted by Crippen LogP contribution is 2.40. The number of carbonyl (C=O) groups is 1. The molecule has 156 valence electrons. The molecular formula is C22H20Cl2N2O4. The summed E-state index contributed by atoms with van der Waals surface area (Å²) in [7, 11) is 0. The standard InChI is InChI=1S/C22H20Cl2N2O4/c1-15-2-5-21(16(8-15)10-27)28-11-18-12-29-22(30-18,13-26-7-6-25-14-26)19-4-3-17(23)9-20(19)24/h2-10,14,18H,11-13H2,1H3. The summed E-state index contributed by atoms with van der Waals surface area (Å²) >= 11 is 12.5. The quantitative estimate of drug-likeness (QED) is 0.493. The largest absolute Gasteiger partial charge is 0.490 e. The van der Waals surface area contributed by atoms with Crippen molar-refractivity contribution in [2.45, 2.75) is 25.4 Å². The van der Waals surface area contributed by atoms with Crippen LogP contribution in [0.5, 0.6) is 5.75 Å². The Morgan fingerprint density at radius 2 is 2.17 bits per heavy atom. The van der Waals surface area contributed by atoms with Crippen molar-refractivity contribution in [3.05, 3.63) is 81.9 Å². The molecule has 2 aromatic carbocycles. The highest BCUT2D eigenvalue weighted by atomic mass is 35.5. The maximum Gasteiger partial charge on any atom is 0.215 e. The van der Waals surface area contributed by atoms with Crippen molar-refractivity contribution >= 4 is 29.5 Å². The van der Waals surface area contributed by atoms with E-state index in [0.717, 1.165) is 11.8 Å². The first kappa shape index (κ1) is 20.9. The van der Waals surface area contributed by atoms with Crippen LogP contribution in [-0.4, -0.2) is 35.2 Å². The molecular weight excluding hydrogens is 427 g/mol. The van der Waals surface area contributed by atoms with Gasteiger partial charge in [-0.05, 0) is 31.2 Å². The summed E-state index contributed by atoms with van der Waals surface area (Å²) in [6, 6.07) is 10.7. The fraction of sp³-hybridized carbons (Fsp3) is 0.273. The summed E-state index contributed by atoms with van der Waals surface area (Å²) in [5, 5.41) is 0.978. The average molecular weight is 447 g/mol. The van der Waals surface area contributed by atoms with Gasteiger partial charge in [-0.1, -0.05) is 40.9 Å². The lowest BCUT2D eigenvalue weighted by Gasteiger charge is -2.30. The molecule has 8 heteroatoms. The van der Waals surface area contributed by atoms with Crippen molar-refractivity contribution in [1.82, 2.24) is 9.55 Å². The summed E-state index contributed by atoms with van der Waals surface area (Å²) in [6.07, 6.45) is 5.62. The van der Waals surface area contributed by atoms with Gasteiger partial charge in [0.15, 0.2) is 6.29 Å². The van der Waals surface area contributed by atoms with Crippen molar-refractivity contribution in [1.29, 1.82) is 0 Å². The molecule has 1 aliphatic rings. The number of ether oxygens (including phenoxy) is 3. The molecule has 0 spiro atoms. The van der Waals surface area contributed by atoms with E-state index >= 15 is 0 Å². The number of benzene rings is 2. The first-order valence-corrected chi connectivity index (χ1v) is 10.2. The summed E-state index contributed by atoms with van der Waals surface area (Å²) in [6.45, 7) is 2.80. The predicted octanol–water partition coefficient (Wildman–Crippen LogP) is 4.66. The summed E-state index contributed by atoms with van der Waals surface area (Å²) in [5.41, 5.74) is 2.16. The summed E-state index contributed by atoms with van der Waals surface area (Å²) < 4.78 is 20.2. The molecule has 0 bridgehead atoms. The molecule has 30 heavy (non-hydrogen) atoms. The number of nitrogens with zero attached hydrogens (tertiary/aromatic N) is 2. The van der Waals surface area contributed by atoms with E-state index in [1.165, 1.54) is 0 Å². The second-order valence-corrected chi connectivity index (χ2v) is 7.98. The Morgan fingerprint density at radius 1 is 1.30 bits per heavy atom. The van der Waals surface area contributed by atoms with Gasteiger partial charge in [0.25, 0.3) is 0 Å². The fourth-order valence-electron chi connectivity index (χ4n) is 3.45. The lowest BCUT2D eigenvalue weighted by atomic mass is 10.1. The second kappa shape index (κ2) is 8.78. The maximum atomic E-state index is 11.3. The maximum absolute atomic E-state index is 11.3. The Bertz CT molecular complexity index is 1040. The van der Waals surface area contributed by atoms with Gasteiger partial charge in [0, 0.05) is 23.0 Å². The monoisotopic (exact) mass is 446 g/mol. The molecule has 1 saturated heterocycles. The molecule has 0 N–H and O–H groups in total. The molecule has 4 rings (SSSR count). The smallest absolute Gasteiger partial charge is 0.215 e. The van der Waals surface area contributed by atoms with Gasteiger partial charge in [0.1, 0.15) is 18.5 Å². The van der Waals surface area contributed by atoms with E-state index < -0.39 is 5.79 Å². The highest BCUT2D eigenvalue weighted by molar-refractivity contribution is 6.35. The van der Waals surface area contributed by atoms with E-state index in [4.69, 9.17) is 37.4 Å². The number of hydrogen-bond acceptors (Lipinski definition) is 5. The number of imidazole rings is 1. The Labute approximate surface area is 184 Å². The normalized spacial score (nSPS) is 21.0. The van der Waals surface area contributed by atoms with Crippen molar-refractivity contribution < 1.29 is 19.0 Å². The van der Waals surface area contributed by atoms with Crippen LogP contribution in [-0.2, 0) is 21.8 Å². The molecule has 3 aromatic rings. The van der Waals surface area contributed by atoms with Gasteiger partial charge in [0.2, 0.25) is 5.79 Å². The van der Waals surface area contributed by atoms with E-state index in [2.05, 4.69) is 4.98 Å². The van der Waals surface area contributed by atoms with Gasteiger partial charge in [-0.2, -0.15) is 0 Å². The molecule has 1 fully saturated rings. The van der Waals surface area contributed by atoms with E-state index in [9.17, 15) is 4.79 Å². The van der Waals surface area contributed by atoms with Crippen LogP contribution in [0.2, 0.25) is 10.0 Å². The van der Waals surface area contributed by atoms with Crippen LogP contribution >= 0.6 is 23.2 Å². The molecule has 0 saturated carbocycles. The van der Waals surface area contributed by atoms with Crippen LogP contribution in [0.4, 0.5) is 0 Å². The Balaban J connectivity index is 1.55. The minimum atomic E-state index is -1.11. The predicted molar refractivity (Wildman–Crippen MR) is 113 cm³/mol. The number of halogens is 2. The molecule has 2 heterocycles.